The minimum absolute atomic E-state index is 0. The van der Waals surface area contributed by atoms with Crippen LogP contribution in [-0.2, 0) is 6.42 Å². The van der Waals surface area contributed by atoms with Gasteiger partial charge in [0, 0.05) is 41.4 Å². The van der Waals surface area contributed by atoms with E-state index in [4.69, 9.17) is 14.5 Å². The molecule has 0 spiro atoms. The Morgan fingerprint density at radius 3 is 2.55 bits per heavy atom. The molecule has 1 heterocycles. The van der Waals surface area contributed by atoms with Gasteiger partial charge in [0.05, 0.1) is 14.2 Å². The standard InChI is InChI=1S/C22H28N4O2.HI/c1-5-23-22(26-16-10-11-20(27-3)21(14-16)28-4)24-13-12-17-15(2)25-19-9-7-6-8-18(17)19;/h6-11,14,25H,5,12-13H2,1-4H3,(H2,23,24,26);1H. The summed E-state index contributed by atoms with van der Waals surface area (Å²) in [6.07, 6.45) is 0.873. The van der Waals surface area contributed by atoms with Gasteiger partial charge < -0.3 is 25.1 Å². The van der Waals surface area contributed by atoms with Gasteiger partial charge in [-0.25, -0.2) is 0 Å². The number of rotatable bonds is 7. The fraction of sp³-hybridized carbons (Fsp3) is 0.318. The summed E-state index contributed by atoms with van der Waals surface area (Å²) in [4.78, 5) is 8.19. The van der Waals surface area contributed by atoms with E-state index in [1.807, 2.05) is 18.2 Å². The van der Waals surface area contributed by atoms with Gasteiger partial charge in [-0.1, -0.05) is 18.2 Å². The summed E-state index contributed by atoms with van der Waals surface area (Å²) in [5.41, 5.74) is 4.59. The van der Waals surface area contributed by atoms with Crippen LogP contribution in [0, 0.1) is 6.92 Å². The number of benzene rings is 2. The van der Waals surface area contributed by atoms with Crippen LogP contribution >= 0.6 is 24.0 Å². The number of para-hydroxylation sites is 1. The molecule has 1 aromatic heterocycles. The summed E-state index contributed by atoms with van der Waals surface area (Å²) >= 11 is 0. The highest BCUT2D eigenvalue weighted by atomic mass is 127. The second-order valence-corrected chi connectivity index (χ2v) is 6.48. The van der Waals surface area contributed by atoms with Gasteiger partial charge in [0.15, 0.2) is 17.5 Å². The Morgan fingerprint density at radius 1 is 1.07 bits per heavy atom. The predicted octanol–water partition coefficient (Wildman–Crippen LogP) is 4.73. The lowest BCUT2D eigenvalue weighted by Crippen LogP contribution is -2.30. The summed E-state index contributed by atoms with van der Waals surface area (Å²) in [5.74, 6) is 2.12. The topological polar surface area (TPSA) is 70.7 Å². The van der Waals surface area contributed by atoms with Gasteiger partial charge in [-0.15, -0.1) is 24.0 Å². The van der Waals surface area contributed by atoms with E-state index < -0.39 is 0 Å². The van der Waals surface area contributed by atoms with Gasteiger partial charge in [-0.3, -0.25) is 4.99 Å². The molecule has 2 aromatic carbocycles. The quantitative estimate of drug-likeness (QED) is 0.245. The molecule has 0 atom stereocenters. The highest BCUT2D eigenvalue weighted by Gasteiger charge is 2.09. The van der Waals surface area contributed by atoms with Gasteiger partial charge in [0.2, 0.25) is 0 Å². The van der Waals surface area contributed by atoms with Crippen LogP contribution in [0.4, 0.5) is 5.69 Å². The molecule has 29 heavy (non-hydrogen) atoms. The zero-order valence-electron chi connectivity index (χ0n) is 17.3. The summed E-state index contributed by atoms with van der Waals surface area (Å²) < 4.78 is 10.7. The number of ether oxygens (including phenoxy) is 2. The molecule has 3 rings (SSSR count). The first-order chi connectivity index (χ1) is 13.7. The molecule has 0 bridgehead atoms. The lowest BCUT2D eigenvalue weighted by molar-refractivity contribution is 0.355. The Morgan fingerprint density at radius 2 is 1.83 bits per heavy atom. The minimum atomic E-state index is 0. The van der Waals surface area contributed by atoms with E-state index >= 15 is 0 Å². The molecule has 0 saturated carbocycles. The van der Waals surface area contributed by atoms with Gasteiger partial charge in [-0.05, 0) is 44.0 Å². The van der Waals surface area contributed by atoms with Crippen molar-refractivity contribution in [3.8, 4) is 11.5 Å². The number of nitrogens with one attached hydrogen (secondary N) is 3. The third-order valence-electron chi connectivity index (χ3n) is 4.65. The molecule has 0 aliphatic heterocycles. The highest BCUT2D eigenvalue weighted by Crippen LogP contribution is 2.29. The molecule has 0 saturated heterocycles. The van der Waals surface area contributed by atoms with Crippen LogP contribution in [0.5, 0.6) is 11.5 Å². The number of aromatic amines is 1. The third kappa shape index (κ3) is 5.56. The lowest BCUT2D eigenvalue weighted by Gasteiger charge is -2.14. The van der Waals surface area contributed by atoms with E-state index in [1.165, 1.54) is 22.2 Å². The summed E-state index contributed by atoms with van der Waals surface area (Å²) in [7, 11) is 3.26. The second-order valence-electron chi connectivity index (χ2n) is 6.48. The largest absolute Gasteiger partial charge is 0.493 e. The van der Waals surface area contributed by atoms with Gasteiger partial charge in [0.1, 0.15) is 0 Å². The van der Waals surface area contributed by atoms with Crippen molar-refractivity contribution in [3.05, 3.63) is 53.7 Å². The molecule has 0 amide bonds. The number of halogens is 1. The first kappa shape index (κ1) is 22.9. The number of guanidine groups is 1. The lowest BCUT2D eigenvalue weighted by atomic mass is 10.1. The Kier molecular flexibility index (Phi) is 8.63. The van der Waals surface area contributed by atoms with Crippen LogP contribution in [-0.4, -0.2) is 38.3 Å². The molecule has 156 valence electrons. The first-order valence-corrected chi connectivity index (χ1v) is 9.49. The Labute approximate surface area is 189 Å². The zero-order valence-corrected chi connectivity index (χ0v) is 19.7. The summed E-state index contributed by atoms with van der Waals surface area (Å²) in [6.45, 7) is 5.64. The number of hydrogen-bond donors (Lipinski definition) is 3. The van der Waals surface area contributed by atoms with Gasteiger partial charge >= 0.3 is 0 Å². The van der Waals surface area contributed by atoms with Crippen LogP contribution in [0.1, 0.15) is 18.2 Å². The number of hydrogen-bond acceptors (Lipinski definition) is 3. The van der Waals surface area contributed by atoms with Crippen molar-refractivity contribution in [2.24, 2.45) is 4.99 Å². The number of anilines is 1. The fourth-order valence-electron chi connectivity index (χ4n) is 3.29. The average Bonchev–Trinajstić information content (AvgIpc) is 3.03. The second kappa shape index (κ2) is 10.9. The predicted molar refractivity (Wildman–Crippen MR) is 131 cm³/mol. The van der Waals surface area contributed by atoms with Crippen molar-refractivity contribution < 1.29 is 9.47 Å². The number of methoxy groups -OCH3 is 2. The Bertz CT molecular complexity index is 969. The van der Waals surface area contributed by atoms with Crippen molar-refractivity contribution in [1.82, 2.24) is 10.3 Å². The number of aliphatic imine (C=N–C) groups is 1. The molecule has 6 nitrogen and oxygen atoms in total. The zero-order chi connectivity index (χ0) is 19.9. The molecule has 0 unspecified atom stereocenters. The van der Waals surface area contributed by atoms with E-state index in [2.05, 4.69) is 53.7 Å². The van der Waals surface area contributed by atoms with E-state index in [1.54, 1.807) is 14.2 Å². The number of H-pyrrole nitrogens is 1. The Hall–Kier alpha value is -2.42. The fourth-order valence-corrected chi connectivity index (χ4v) is 3.29. The number of fused-ring (bicyclic) bond motifs is 1. The van der Waals surface area contributed by atoms with E-state index in [-0.39, 0.29) is 24.0 Å². The molecule has 7 heteroatoms. The van der Waals surface area contributed by atoms with E-state index in [0.717, 1.165) is 24.6 Å². The number of aryl methyl sites for hydroxylation is 1. The molecule has 0 fully saturated rings. The molecule has 0 aliphatic carbocycles. The van der Waals surface area contributed by atoms with Crippen molar-refractivity contribution in [2.45, 2.75) is 20.3 Å². The number of aromatic nitrogens is 1. The maximum atomic E-state index is 5.37. The van der Waals surface area contributed by atoms with Crippen LogP contribution in [0.3, 0.4) is 0 Å². The molecule has 3 N–H and O–H groups in total. The first-order valence-electron chi connectivity index (χ1n) is 9.49. The van der Waals surface area contributed by atoms with Gasteiger partial charge in [0.25, 0.3) is 0 Å². The molecule has 0 aliphatic rings. The van der Waals surface area contributed by atoms with E-state index in [0.29, 0.717) is 18.0 Å². The van der Waals surface area contributed by atoms with Crippen molar-refractivity contribution in [1.29, 1.82) is 0 Å². The van der Waals surface area contributed by atoms with Crippen LogP contribution < -0.4 is 20.1 Å². The minimum Gasteiger partial charge on any atom is -0.493 e. The van der Waals surface area contributed by atoms with Crippen molar-refractivity contribution in [3.63, 3.8) is 0 Å². The molecular formula is C22H29IN4O2. The smallest absolute Gasteiger partial charge is 0.195 e. The molecule has 0 radical (unpaired) electrons. The van der Waals surface area contributed by atoms with Crippen molar-refractivity contribution >= 4 is 46.5 Å². The van der Waals surface area contributed by atoms with Gasteiger partial charge in [-0.2, -0.15) is 0 Å². The summed E-state index contributed by atoms with van der Waals surface area (Å²) in [5, 5.41) is 7.89. The van der Waals surface area contributed by atoms with E-state index in [9.17, 15) is 0 Å². The normalized spacial score (nSPS) is 11.1. The SMILES string of the molecule is CCNC(=NCCc1c(C)[nH]c2ccccc12)Nc1ccc(OC)c(OC)c1.I. The monoisotopic (exact) mass is 508 g/mol. The molecule has 3 aromatic rings. The summed E-state index contributed by atoms with van der Waals surface area (Å²) in [6, 6.07) is 14.1. The molecular weight excluding hydrogens is 479 g/mol. The third-order valence-corrected chi connectivity index (χ3v) is 4.65. The maximum absolute atomic E-state index is 5.37. The number of nitrogens with zero attached hydrogens (tertiary/aromatic N) is 1. The Balaban J connectivity index is 0.00000300. The highest BCUT2D eigenvalue weighted by molar-refractivity contribution is 14.0. The van der Waals surface area contributed by atoms with Crippen molar-refractivity contribution in [2.75, 3.05) is 32.6 Å². The van der Waals surface area contributed by atoms with Crippen LogP contribution in [0.25, 0.3) is 10.9 Å². The average molecular weight is 508 g/mol. The maximum Gasteiger partial charge on any atom is 0.195 e. The van der Waals surface area contributed by atoms with Crippen LogP contribution in [0.2, 0.25) is 0 Å². The van der Waals surface area contributed by atoms with Crippen LogP contribution in [0.15, 0.2) is 47.5 Å².